The maximum absolute atomic E-state index is 12.7. The maximum atomic E-state index is 12.7. The van der Waals surface area contributed by atoms with Crippen molar-refractivity contribution >= 4 is 11.6 Å². The standard InChI is InChI=1S/C17H13F3N4O/c18-17(19,20)11-2-1-3-13(8-11)25-12-6-4-10(5-7-12)14-15(21)23-9-24-16(14)22/h1-9H,(H4,21,22,23,24). The molecule has 3 rings (SSSR count). The molecule has 4 N–H and O–H groups in total. The molecule has 0 fully saturated rings. The molecule has 8 heteroatoms. The van der Waals surface area contributed by atoms with E-state index in [0.29, 0.717) is 16.9 Å². The lowest BCUT2D eigenvalue weighted by atomic mass is 10.1. The first-order valence-electron chi connectivity index (χ1n) is 7.16. The zero-order valence-corrected chi connectivity index (χ0v) is 12.8. The molecular weight excluding hydrogens is 333 g/mol. The first-order chi connectivity index (χ1) is 11.8. The number of nitrogen functional groups attached to an aromatic ring is 2. The van der Waals surface area contributed by atoms with Crippen molar-refractivity contribution in [3.63, 3.8) is 0 Å². The number of rotatable bonds is 3. The molecule has 0 atom stereocenters. The molecule has 0 aliphatic carbocycles. The molecule has 0 radical (unpaired) electrons. The summed E-state index contributed by atoms with van der Waals surface area (Å²) in [6.07, 6.45) is -3.16. The van der Waals surface area contributed by atoms with Crippen LogP contribution in [-0.2, 0) is 6.18 Å². The minimum absolute atomic E-state index is 0.0876. The van der Waals surface area contributed by atoms with Gasteiger partial charge in [-0.1, -0.05) is 18.2 Å². The molecule has 1 heterocycles. The Kier molecular flexibility index (Phi) is 4.18. The summed E-state index contributed by atoms with van der Waals surface area (Å²) in [5, 5.41) is 0. The molecule has 128 valence electrons. The van der Waals surface area contributed by atoms with E-state index in [0.717, 1.165) is 12.1 Å². The van der Waals surface area contributed by atoms with Gasteiger partial charge in [0.2, 0.25) is 0 Å². The van der Waals surface area contributed by atoms with E-state index in [1.165, 1.54) is 18.5 Å². The average Bonchev–Trinajstić information content (AvgIpc) is 2.56. The molecule has 5 nitrogen and oxygen atoms in total. The molecule has 0 aliphatic rings. The predicted octanol–water partition coefficient (Wildman–Crippen LogP) is 4.12. The van der Waals surface area contributed by atoms with Gasteiger partial charge in [-0.25, -0.2) is 9.97 Å². The summed E-state index contributed by atoms with van der Waals surface area (Å²) < 4.78 is 43.7. The fraction of sp³-hybridized carbons (Fsp3) is 0.0588. The average molecular weight is 346 g/mol. The number of benzene rings is 2. The molecule has 0 bridgehead atoms. The Morgan fingerprint density at radius 1 is 0.840 bits per heavy atom. The lowest BCUT2D eigenvalue weighted by Gasteiger charge is -2.11. The molecule has 0 saturated carbocycles. The number of hydrogen-bond donors (Lipinski definition) is 2. The zero-order valence-electron chi connectivity index (χ0n) is 12.8. The molecule has 2 aromatic carbocycles. The van der Waals surface area contributed by atoms with Crippen LogP contribution < -0.4 is 16.2 Å². The highest BCUT2D eigenvalue weighted by atomic mass is 19.4. The number of nitrogens with zero attached hydrogens (tertiary/aromatic N) is 2. The Morgan fingerprint density at radius 2 is 1.48 bits per heavy atom. The molecule has 0 amide bonds. The van der Waals surface area contributed by atoms with Crippen LogP contribution in [-0.4, -0.2) is 9.97 Å². The van der Waals surface area contributed by atoms with Gasteiger partial charge < -0.3 is 16.2 Å². The number of halogens is 3. The summed E-state index contributed by atoms with van der Waals surface area (Å²) in [7, 11) is 0. The van der Waals surface area contributed by atoms with Gasteiger partial charge in [-0.3, -0.25) is 0 Å². The van der Waals surface area contributed by atoms with Crippen molar-refractivity contribution in [2.24, 2.45) is 0 Å². The second-order valence-corrected chi connectivity index (χ2v) is 5.17. The Morgan fingerprint density at radius 3 is 2.08 bits per heavy atom. The molecule has 1 aromatic heterocycles. The number of aromatic nitrogens is 2. The Labute approximate surface area is 141 Å². The molecule has 0 saturated heterocycles. The van der Waals surface area contributed by atoms with Crippen LogP contribution in [0.5, 0.6) is 11.5 Å². The molecule has 0 unspecified atom stereocenters. The first kappa shape index (κ1) is 16.6. The van der Waals surface area contributed by atoms with Gasteiger partial charge in [0.25, 0.3) is 0 Å². The van der Waals surface area contributed by atoms with Crippen molar-refractivity contribution in [3.05, 3.63) is 60.4 Å². The largest absolute Gasteiger partial charge is 0.457 e. The summed E-state index contributed by atoms with van der Waals surface area (Å²) >= 11 is 0. The van der Waals surface area contributed by atoms with E-state index < -0.39 is 11.7 Å². The third-order valence-corrected chi connectivity index (χ3v) is 3.45. The Balaban J connectivity index is 1.84. The van der Waals surface area contributed by atoms with Gasteiger partial charge in [-0.15, -0.1) is 0 Å². The van der Waals surface area contributed by atoms with Crippen LogP contribution in [0.1, 0.15) is 5.56 Å². The van der Waals surface area contributed by atoms with Crippen molar-refractivity contribution in [2.75, 3.05) is 11.5 Å². The van der Waals surface area contributed by atoms with Crippen LogP contribution in [0.2, 0.25) is 0 Å². The number of anilines is 2. The molecule has 25 heavy (non-hydrogen) atoms. The van der Waals surface area contributed by atoms with Crippen molar-refractivity contribution < 1.29 is 17.9 Å². The van der Waals surface area contributed by atoms with E-state index >= 15 is 0 Å². The zero-order chi connectivity index (χ0) is 18.0. The topological polar surface area (TPSA) is 87.0 Å². The van der Waals surface area contributed by atoms with Crippen molar-refractivity contribution in [2.45, 2.75) is 6.18 Å². The predicted molar refractivity (Wildman–Crippen MR) is 87.8 cm³/mol. The van der Waals surface area contributed by atoms with Gasteiger partial charge in [-0.2, -0.15) is 13.2 Å². The molecule has 0 spiro atoms. The number of nitrogens with two attached hydrogens (primary N) is 2. The van der Waals surface area contributed by atoms with E-state index in [-0.39, 0.29) is 17.4 Å². The van der Waals surface area contributed by atoms with Crippen LogP contribution in [0, 0.1) is 0 Å². The van der Waals surface area contributed by atoms with E-state index in [2.05, 4.69) is 9.97 Å². The monoisotopic (exact) mass is 346 g/mol. The third kappa shape index (κ3) is 3.63. The van der Waals surface area contributed by atoms with Crippen LogP contribution in [0.15, 0.2) is 54.9 Å². The Hall–Kier alpha value is -3.29. The fourth-order valence-electron chi connectivity index (χ4n) is 2.27. The number of ether oxygens (including phenoxy) is 1. The maximum Gasteiger partial charge on any atom is 0.416 e. The lowest BCUT2D eigenvalue weighted by Crippen LogP contribution is -2.04. The van der Waals surface area contributed by atoms with Crippen LogP contribution >= 0.6 is 0 Å². The summed E-state index contributed by atoms with van der Waals surface area (Å²) in [6.45, 7) is 0. The van der Waals surface area contributed by atoms with E-state index in [1.807, 2.05) is 0 Å². The minimum atomic E-state index is -4.43. The SMILES string of the molecule is Nc1ncnc(N)c1-c1ccc(Oc2cccc(C(F)(F)F)c2)cc1. The van der Waals surface area contributed by atoms with Gasteiger partial charge in [0.15, 0.2) is 0 Å². The van der Waals surface area contributed by atoms with Crippen LogP contribution in [0.3, 0.4) is 0 Å². The lowest BCUT2D eigenvalue weighted by molar-refractivity contribution is -0.137. The minimum Gasteiger partial charge on any atom is -0.457 e. The number of alkyl halides is 3. The highest BCUT2D eigenvalue weighted by Gasteiger charge is 2.30. The second kappa shape index (κ2) is 6.31. The van der Waals surface area contributed by atoms with Gasteiger partial charge in [0.1, 0.15) is 29.5 Å². The molecule has 0 aliphatic heterocycles. The number of hydrogen-bond acceptors (Lipinski definition) is 5. The van der Waals surface area contributed by atoms with Gasteiger partial charge in [0.05, 0.1) is 11.1 Å². The quantitative estimate of drug-likeness (QED) is 0.745. The first-order valence-corrected chi connectivity index (χ1v) is 7.16. The third-order valence-electron chi connectivity index (χ3n) is 3.45. The molecular formula is C17H13F3N4O. The summed E-state index contributed by atoms with van der Waals surface area (Å²) in [5.74, 6) is 0.930. The normalized spacial score (nSPS) is 11.3. The summed E-state index contributed by atoms with van der Waals surface area (Å²) in [5.41, 5.74) is 12.0. The van der Waals surface area contributed by atoms with Crippen LogP contribution in [0.4, 0.5) is 24.8 Å². The molecule has 3 aromatic rings. The highest BCUT2D eigenvalue weighted by Crippen LogP contribution is 2.34. The van der Waals surface area contributed by atoms with E-state index in [1.54, 1.807) is 24.3 Å². The van der Waals surface area contributed by atoms with Crippen molar-refractivity contribution in [1.29, 1.82) is 0 Å². The summed E-state index contributed by atoms with van der Waals surface area (Å²) in [6, 6.07) is 11.2. The van der Waals surface area contributed by atoms with E-state index in [9.17, 15) is 13.2 Å². The second-order valence-electron chi connectivity index (χ2n) is 5.17. The smallest absolute Gasteiger partial charge is 0.416 e. The van der Waals surface area contributed by atoms with Crippen LogP contribution in [0.25, 0.3) is 11.1 Å². The van der Waals surface area contributed by atoms with Crippen molar-refractivity contribution in [3.8, 4) is 22.6 Å². The highest BCUT2D eigenvalue weighted by molar-refractivity contribution is 5.82. The van der Waals surface area contributed by atoms with Gasteiger partial charge >= 0.3 is 6.18 Å². The summed E-state index contributed by atoms with van der Waals surface area (Å²) in [4.78, 5) is 7.78. The van der Waals surface area contributed by atoms with Gasteiger partial charge in [0, 0.05) is 0 Å². The fourth-order valence-corrected chi connectivity index (χ4v) is 2.27. The Bertz CT molecular complexity index is 875. The van der Waals surface area contributed by atoms with Gasteiger partial charge in [-0.05, 0) is 35.9 Å². The van der Waals surface area contributed by atoms with E-state index in [4.69, 9.17) is 16.2 Å². The van der Waals surface area contributed by atoms with Crippen molar-refractivity contribution in [1.82, 2.24) is 9.97 Å².